The van der Waals surface area contributed by atoms with Crippen molar-refractivity contribution in [1.29, 1.82) is 0 Å². The molecular formula is C22H17F2N7O3. The van der Waals surface area contributed by atoms with Crippen LogP contribution in [-0.2, 0) is 13.5 Å². The smallest absolute Gasteiger partial charge is 0.312 e. The minimum atomic E-state index is -2.82. The number of benzene rings is 1. The molecule has 0 fully saturated rings. The van der Waals surface area contributed by atoms with E-state index >= 15 is 0 Å². The number of amides is 1. The summed E-state index contributed by atoms with van der Waals surface area (Å²) in [5.41, 5.74) is 1.77. The first-order chi connectivity index (χ1) is 16.5. The van der Waals surface area contributed by atoms with Crippen molar-refractivity contribution in [1.82, 2.24) is 34.8 Å². The maximum absolute atomic E-state index is 14.3. The Balaban J connectivity index is 1.46. The molecule has 0 bridgehead atoms. The van der Waals surface area contributed by atoms with E-state index in [1.165, 1.54) is 17.4 Å². The molecule has 1 amide bonds. The van der Waals surface area contributed by atoms with E-state index in [4.69, 9.17) is 8.83 Å². The summed E-state index contributed by atoms with van der Waals surface area (Å²) in [5, 5.41) is 12.2. The van der Waals surface area contributed by atoms with Crippen LogP contribution in [0, 0.1) is 0 Å². The molecule has 1 atom stereocenters. The van der Waals surface area contributed by atoms with Crippen molar-refractivity contribution in [3.63, 3.8) is 0 Å². The number of hydrogen-bond donors (Lipinski definition) is 1. The van der Waals surface area contributed by atoms with Gasteiger partial charge in [-0.15, -0.1) is 10.2 Å². The van der Waals surface area contributed by atoms with Crippen LogP contribution >= 0.6 is 0 Å². The maximum atomic E-state index is 14.3. The molecule has 1 aromatic carbocycles. The summed E-state index contributed by atoms with van der Waals surface area (Å²) < 4.78 is 41.6. The van der Waals surface area contributed by atoms with Crippen LogP contribution in [-0.4, -0.2) is 47.3 Å². The fraction of sp³-hybridized carbons (Fsp3) is 0.227. The summed E-state index contributed by atoms with van der Waals surface area (Å²) in [6, 6.07) is 5.56. The fourth-order valence-corrected chi connectivity index (χ4v) is 4.35. The van der Waals surface area contributed by atoms with Gasteiger partial charge in [-0.3, -0.25) is 9.48 Å². The summed E-state index contributed by atoms with van der Waals surface area (Å²) in [6.07, 6.45) is 2.31. The maximum Gasteiger partial charge on any atom is 0.312 e. The Labute approximate surface area is 190 Å². The summed E-state index contributed by atoms with van der Waals surface area (Å²) in [4.78, 5) is 22.2. The number of imidazole rings is 1. The lowest BCUT2D eigenvalue weighted by molar-refractivity contribution is 0.0623. The number of alkyl halides is 2. The molecule has 0 saturated heterocycles. The molecule has 0 aliphatic carbocycles. The number of aromatic nitrogens is 6. The van der Waals surface area contributed by atoms with Gasteiger partial charge in [0.15, 0.2) is 0 Å². The molecule has 6 rings (SSSR count). The Kier molecular flexibility index (Phi) is 4.54. The zero-order valence-corrected chi connectivity index (χ0v) is 17.8. The van der Waals surface area contributed by atoms with E-state index in [2.05, 4.69) is 25.3 Å². The van der Waals surface area contributed by atoms with Gasteiger partial charge in [-0.25, -0.2) is 13.8 Å². The van der Waals surface area contributed by atoms with Crippen molar-refractivity contribution < 1.29 is 22.4 Å². The van der Waals surface area contributed by atoms with Gasteiger partial charge in [-0.05, 0) is 6.07 Å². The average Bonchev–Trinajstić information content (AvgIpc) is 3.62. The van der Waals surface area contributed by atoms with Crippen molar-refractivity contribution in [2.75, 3.05) is 6.54 Å². The van der Waals surface area contributed by atoms with E-state index in [0.29, 0.717) is 28.6 Å². The van der Waals surface area contributed by atoms with Gasteiger partial charge in [0.25, 0.3) is 12.3 Å². The average molecular weight is 465 g/mol. The largest absolute Gasteiger partial charge is 0.458 e. The second-order valence-electron chi connectivity index (χ2n) is 7.91. The molecule has 0 unspecified atom stereocenters. The van der Waals surface area contributed by atoms with E-state index in [0.717, 1.165) is 5.69 Å². The SMILES string of the molecule is Cn1cc(-c2nnc(C(=O)N3CCc4[nH]cnc4[C@@H]3c3oc4ccccc4c3C(F)F)o2)cn1. The summed E-state index contributed by atoms with van der Waals surface area (Å²) in [7, 11) is 1.74. The van der Waals surface area contributed by atoms with Crippen molar-refractivity contribution in [2.45, 2.75) is 18.9 Å². The first kappa shape index (κ1) is 20.3. The molecule has 5 aromatic rings. The number of carbonyl (C=O) groups is 1. The van der Waals surface area contributed by atoms with E-state index in [-0.39, 0.29) is 29.6 Å². The van der Waals surface area contributed by atoms with Crippen LogP contribution < -0.4 is 0 Å². The minimum Gasteiger partial charge on any atom is -0.458 e. The fourth-order valence-electron chi connectivity index (χ4n) is 4.35. The van der Waals surface area contributed by atoms with Gasteiger partial charge in [-0.2, -0.15) is 5.10 Å². The summed E-state index contributed by atoms with van der Waals surface area (Å²) in [6.45, 7) is 0.211. The third kappa shape index (κ3) is 3.10. The van der Waals surface area contributed by atoms with Gasteiger partial charge in [-0.1, -0.05) is 18.2 Å². The van der Waals surface area contributed by atoms with Gasteiger partial charge < -0.3 is 18.7 Å². The van der Waals surface area contributed by atoms with Gasteiger partial charge in [0.2, 0.25) is 0 Å². The van der Waals surface area contributed by atoms with Crippen molar-refractivity contribution >= 4 is 16.9 Å². The molecular weight excluding hydrogens is 448 g/mol. The van der Waals surface area contributed by atoms with Gasteiger partial charge in [0.1, 0.15) is 17.4 Å². The van der Waals surface area contributed by atoms with Crippen LogP contribution in [0.4, 0.5) is 8.78 Å². The predicted molar refractivity (Wildman–Crippen MR) is 113 cm³/mol. The lowest BCUT2D eigenvalue weighted by atomic mass is 9.97. The van der Waals surface area contributed by atoms with Crippen LogP contribution in [0.1, 0.15) is 45.9 Å². The molecule has 0 radical (unpaired) electrons. The minimum absolute atomic E-state index is 0.0374. The van der Waals surface area contributed by atoms with Crippen LogP contribution in [0.15, 0.2) is 51.8 Å². The number of aromatic amines is 1. The molecule has 1 aliphatic heterocycles. The lowest BCUT2D eigenvalue weighted by Gasteiger charge is -2.33. The Morgan fingerprint density at radius 1 is 1.24 bits per heavy atom. The molecule has 172 valence electrons. The number of rotatable bonds is 4. The van der Waals surface area contributed by atoms with Crippen molar-refractivity contribution in [3.05, 3.63) is 71.6 Å². The number of fused-ring (bicyclic) bond motifs is 2. The highest BCUT2D eigenvalue weighted by molar-refractivity contribution is 5.91. The number of furan rings is 1. The van der Waals surface area contributed by atoms with Crippen LogP contribution in [0.5, 0.6) is 0 Å². The molecule has 0 spiro atoms. The van der Waals surface area contributed by atoms with E-state index < -0.39 is 18.4 Å². The number of aryl methyl sites for hydroxylation is 1. The number of nitrogens with one attached hydrogen (secondary N) is 1. The van der Waals surface area contributed by atoms with E-state index in [9.17, 15) is 13.6 Å². The highest BCUT2D eigenvalue weighted by Gasteiger charge is 2.41. The van der Waals surface area contributed by atoms with Crippen molar-refractivity contribution in [2.24, 2.45) is 7.05 Å². The first-order valence-electron chi connectivity index (χ1n) is 10.5. The molecule has 34 heavy (non-hydrogen) atoms. The van der Waals surface area contributed by atoms with Crippen molar-refractivity contribution in [3.8, 4) is 11.5 Å². The third-order valence-corrected chi connectivity index (χ3v) is 5.87. The number of nitrogens with zero attached hydrogens (tertiary/aromatic N) is 6. The number of carbonyl (C=O) groups excluding carboxylic acids is 1. The molecule has 0 saturated carbocycles. The van der Waals surface area contributed by atoms with E-state index in [1.54, 1.807) is 42.2 Å². The summed E-state index contributed by atoms with van der Waals surface area (Å²) in [5.74, 6) is -0.786. The Morgan fingerprint density at radius 3 is 2.88 bits per heavy atom. The zero-order valence-electron chi connectivity index (χ0n) is 17.8. The Hall–Kier alpha value is -4.35. The van der Waals surface area contributed by atoms with Gasteiger partial charge in [0, 0.05) is 37.3 Å². The molecule has 10 nitrogen and oxygen atoms in total. The Morgan fingerprint density at radius 2 is 2.09 bits per heavy atom. The number of hydrogen-bond acceptors (Lipinski definition) is 7. The zero-order chi connectivity index (χ0) is 23.4. The molecule has 1 aliphatic rings. The molecule has 5 heterocycles. The third-order valence-electron chi connectivity index (χ3n) is 5.87. The van der Waals surface area contributed by atoms with Gasteiger partial charge in [0.05, 0.1) is 29.3 Å². The normalized spacial score (nSPS) is 15.9. The highest BCUT2D eigenvalue weighted by Crippen LogP contribution is 2.43. The first-order valence-corrected chi connectivity index (χ1v) is 10.5. The number of H-pyrrole nitrogens is 1. The second kappa shape index (κ2) is 7.61. The Bertz CT molecular complexity index is 1520. The highest BCUT2D eigenvalue weighted by atomic mass is 19.3. The second-order valence-corrected chi connectivity index (χ2v) is 7.91. The number of halogens is 2. The molecule has 12 heteroatoms. The molecule has 1 N–H and O–H groups in total. The standard InChI is InChI=1S/C22H17F2N7O3/c1-30-9-11(8-27-30)20-28-29-21(34-20)22(32)31-7-6-13-16(26-10-25-13)17(31)18-15(19(23)24)12-4-2-3-5-14(12)33-18/h2-5,8-10,17,19H,6-7H2,1H3,(H,25,26)/t17-/m1/s1. The van der Waals surface area contributed by atoms with E-state index in [1.807, 2.05) is 0 Å². The monoisotopic (exact) mass is 465 g/mol. The van der Waals surface area contributed by atoms with Crippen LogP contribution in [0.2, 0.25) is 0 Å². The molecule has 4 aromatic heterocycles. The van der Waals surface area contributed by atoms with Crippen LogP contribution in [0.25, 0.3) is 22.4 Å². The quantitative estimate of drug-likeness (QED) is 0.430. The summed E-state index contributed by atoms with van der Waals surface area (Å²) >= 11 is 0. The lowest BCUT2D eigenvalue weighted by Crippen LogP contribution is -2.41. The predicted octanol–water partition coefficient (Wildman–Crippen LogP) is 3.66. The van der Waals surface area contributed by atoms with Crippen LogP contribution in [0.3, 0.4) is 0 Å². The van der Waals surface area contributed by atoms with Gasteiger partial charge >= 0.3 is 11.8 Å². The number of para-hydroxylation sites is 1. The topological polar surface area (TPSA) is 119 Å².